The second-order valence-corrected chi connectivity index (χ2v) is 7.61. The number of hydrogen-bond acceptors (Lipinski definition) is 2. The van der Waals surface area contributed by atoms with Gasteiger partial charge in [0, 0.05) is 12.1 Å². The molecule has 0 aliphatic heterocycles. The summed E-state index contributed by atoms with van der Waals surface area (Å²) in [4.78, 5) is 0. The zero-order valence-corrected chi connectivity index (χ0v) is 12.8. The van der Waals surface area contributed by atoms with Crippen molar-refractivity contribution in [3.63, 3.8) is 0 Å². The smallest absolute Gasteiger partial charge is 0.0361 e. The van der Waals surface area contributed by atoms with Crippen LogP contribution in [0.4, 0.5) is 0 Å². The molecular formula is C17H32N2. The zero-order valence-electron chi connectivity index (χ0n) is 12.8. The average Bonchev–Trinajstić information content (AvgIpc) is 2.42. The molecule has 4 rings (SSSR count). The number of nitrogens with two attached hydrogens (primary N) is 1. The Hall–Kier alpha value is -0.0800. The van der Waals surface area contributed by atoms with Crippen molar-refractivity contribution in [2.45, 2.75) is 64.3 Å². The van der Waals surface area contributed by atoms with Crippen molar-refractivity contribution in [1.29, 1.82) is 0 Å². The predicted molar refractivity (Wildman–Crippen MR) is 80.9 cm³/mol. The molecule has 110 valence electrons. The van der Waals surface area contributed by atoms with Crippen LogP contribution in [-0.2, 0) is 0 Å². The highest BCUT2D eigenvalue weighted by Crippen LogP contribution is 2.57. The van der Waals surface area contributed by atoms with Gasteiger partial charge in [0.25, 0.3) is 0 Å². The molecule has 4 bridgehead atoms. The normalized spacial score (nSPS) is 44.2. The Labute approximate surface area is 118 Å². The van der Waals surface area contributed by atoms with Crippen molar-refractivity contribution >= 4 is 0 Å². The molecule has 19 heavy (non-hydrogen) atoms. The minimum atomic E-state index is 0.302. The van der Waals surface area contributed by atoms with Crippen LogP contribution in [0.2, 0.25) is 0 Å². The molecule has 2 nitrogen and oxygen atoms in total. The van der Waals surface area contributed by atoms with E-state index in [4.69, 9.17) is 5.73 Å². The van der Waals surface area contributed by atoms with Gasteiger partial charge in [0.05, 0.1) is 0 Å². The van der Waals surface area contributed by atoms with E-state index in [0.717, 1.165) is 36.1 Å². The minimum Gasteiger partial charge on any atom is -0.329 e. The fraction of sp³-hybridized carbons (Fsp3) is 1.00. The van der Waals surface area contributed by atoms with Crippen LogP contribution in [0.15, 0.2) is 0 Å². The van der Waals surface area contributed by atoms with Crippen molar-refractivity contribution in [1.82, 2.24) is 5.32 Å². The van der Waals surface area contributed by atoms with Gasteiger partial charge in [0.1, 0.15) is 0 Å². The standard InChI is InChI=1S/C17H32N2/c1-3-12(4-2)10-19-17(11-18)15-6-13-5-14(8-15)9-16(17)7-13/h12-16,19H,3-11,18H2,1-2H3. The number of rotatable bonds is 6. The zero-order chi connectivity index (χ0) is 13.5. The summed E-state index contributed by atoms with van der Waals surface area (Å²) < 4.78 is 0. The summed E-state index contributed by atoms with van der Waals surface area (Å²) in [6.07, 6.45) is 9.95. The Morgan fingerprint density at radius 1 is 1.00 bits per heavy atom. The summed E-state index contributed by atoms with van der Waals surface area (Å²) in [7, 11) is 0. The van der Waals surface area contributed by atoms with Crippen LogP contribution >= 0.6 is 0 Å². The van der Waals surface area contributed by atoms with Gasteiger partial charge >= 0.3 is 0 Å². The predicted octanol–water partition coefficient (Wildman–Crippen LogP) is 3.17. The summed E-state index contributed by atoms with van der Waals surface area (Å²) in [5, 5.41) is 4.00. The molecule has 0 atom stereocenters. The van der Waals surface area contributed by atoms with Crippen LogP contribution in [0.3, 0.4) is 0 Å². The molecule has 0 aromatic heterocycles. The highest BCUT2D eigenvalue weighted by atomic mass is 15.0. The van der Waals surface area contributed by atoms with Gasteiger partial charge in [-0.25, -0.2) is 0 Å². The molecule has 0 radical (unpaired) electrons. The Morgan fingerprint density at radius 3 is 1.95 bits per heavy atom. The summed E-state index contributed by atoms with van der Waals surface area (Å²) in [5.74, 6) is 4.67. The lowest BCUT2D eigenvalue weighted by molar-refractivity contribution is -0.0705. The third-order valence-corrected chi connectivity index (χ3v) is 6.81. The largest absolute Gasteiger partial charge is 0.329 e. The monoisotopic (exact) mass is 264 g/mol. The molecule has 0 aromatic carbocycles. The van der Waals surface area contributed by atoms with E-state index in [1.54, 1.807) is 0 Å². The number of nitrogens with one attached hydrogen (secondary N) is 1. The molecule has 0 spiro atoms. The van der Waals surface area contributed by atoms with Crippen LogP contribution in [0.5, 0.6) is 0 Å². The molecule has 2 heteroatoms. The van der Waals surface area contributed by atoms with E-state index >= 15 is 0 Å². The van der Waals surface area contributed by atoms with Crippen molar-refractivity contribution < 1.29 is 0 Å². The average molecular weight is 264 g/mol. The first kappa shape index (κ1) is 13.9. The number of hydrogen-bond donors (Lipinski definition) is 2. The molecule has 3 N–H and O–H groups in total. The summed E-state index contributed by atoms with van der Waals surface area (Å²) in [5.41, 5.74) is 6.60. The van der Waals surface area contributed by atoms with Gasteiger partial charge in [-0.15, -0.1) is 0 Å². The Morgan fingerprint density at radius 2 is 1.53 bits per heavy atom. The molecule has 4 aliphatic carbocycles. The topological polar surface area (TPSA) is 38.0 Å². The van der Waals surface area contributed by atoms with E-state index in [1.807, 2.05) is 0 Å². The SMILES string of the molecule is CCC(CC)CNC1(CN)C2CC3CC(C2)CC1C3. The van der Waals surface area contributed by atoms with Gasteiger partial charge < -0.3 is 11.1 Å². The van der Waals surface area contributed by atoms with Crippen molar-refractivity contribution in [3.8, 4) is 0 Å². The maximum Gasteiger partial charge on any atom is 0.0361 e. The first-order valence-corrected chi connectivity index (χ1v) is 8.66. The highest BCUT2D eigenvalue weighted by molar-refractivity contribution is 5.11. The quantitative estimate of drug-likeness (QED) is 0.773. The van der Waals surface area contributed by atoms with E-state index in [9.17, 15) is 0 Å². The molecule has 4 fully saturated rings. The Bertz CT molecular complexity index is 280. The Balaban J connectivity index is 1.72. The van der Waals surface area contributed by atoms with Gasteiger partial charge in [0.15, 0.2) is 0 Å². The summed E-state index contributed by atoms with van der Waals surface area (Å²) in [6.45, 7) is 6.69. The Kier molecular flexibility index (Phi) is 3.92. The molecule has 4 aliphatic rings. The molecule has 0 unspecified atom stereocenters. The molecule has 0 aromatic rings. The van der Waals surface area contributed by atoms with E-state index in [1.165, 1.54) is 51.5 Å². The van der Waals surface area contributed by atoms with E-state index < -0.39 is 0 Å². The summed E-state index contributed by atoms with van der Waals surface area (Å²) in [6, 6.07) is 0. The lowest BCUT2D eigenvalue weighted by atomic mass is 9.48. The van der Waals surface area contributed by atoms with Crippen molar-refractivity contribution in [3.05, 3.63) is 0 Å². The third kappa shape index (κ3) is 2.25. The molecule has 0 amide bonds. The van der Waals surface area contributed by atoms with Crippen molar-refractivity contribution in [2.75, 3.05) is 13.1 Å². The van der Waals surface area contributed by atoms with Crippen LogP contribution in [0, 0.1) is 29.6 Å². The van der Waals surface area contributed by atoms with Gasteiger partial charge in [-0.3, -0.25) is 0 Å². The molecular weight excluding hydrogens is 232 g/mol. The van der Waals surface area contributed by atoms with Gasteiger partial charge in [-0.1, -0.05) is 26.7 Å². The second kappa shape index (κ2) is 5.37. The van der Waals surface area contributed by atoms with Crippen molar-refractivity contribution in [2.24, 2.45) is 35.3 Å². The third-order valence-electron chi connectivity index (χ3n) is 6.81. The maximum atomic E-state index is 6.30. The molecule has 4 saturated carbocycles. The van der Waals surface area contributed by atoms with E-state index in [0.29, 0.717) is 5.54 Å². The van der Waals surface area contributed by atoms with E-state index in [2.05, 4.69) is 19.2 Å². The maximum absolute atomic E-state index is 6.30. The first-order chi connectivity index (χ1) is 9.21. The molecule has 0 heterocycles. The van der Waals surface area contributed by atoms with Crippen LogP contribution in [0.25, 0.3) is 0 Å². The highest BCUT2D eigenvalue weighted by Gasteiger charge is 2.56. The van der Waals surface area contributed by atoms with Crippen LogP contribution < -0.4 is 11.1 Å². The lowest BCUT2D eigenvalue weighted by Gasteiger charge is -2.61. The molecule has 0 saturated heterocycles. The summed E-state index contributed by atoms with van der Waals surface area (Å²) >= 11 is 0. The van der Waals surface area contributed by atoms with Crippen LogP contribution in [0.1, 0.15) is 58.8 Å². The fourth-order valence-corrected chi connectivity index (χ4v) is 5.63. The lowest BCUT2D eigenvalue weighted by Crippen LogP contribution is -2.68. The fourth-order valence-electron chi connectivity index (χ4n) is 5.63. The minimum absolute atomic E-state index is 0.302. The van der Waals surface area contributed by atoms with Gasteiger partial charge in [0.2, 0.25) is 0 Å². The van der Waals surface area contributed by atoms with Gasteiger partial charge in [-0.2, -0.15) is 0 Å². The van der Waals surface area contributed by atoms with Gasteiger partial charge in [-0.05, 0) is 68.2 Å². The second-order valence-electron chi connectivity index (χ2n) is 7.61. The van der Waals surface area contributed by atoms with E-state index in [-0.39, 0.29) is 0 Å². The first-order valence-electron chi connectivity index (χ1n) is 8.66. The van der Waals surface area contributed by atoms with Crippen LogP contribution in [-0.4, -0.2) is 18.6 Å².